The minimum atomic E-state index is -0.660. The van der Waals surface area contributed by atoms with Crippen molar-refractivity contribution in [2.24, 2.45) is 0 Å². The van der Waals surface area contributed by atoms with Crippen molar-refractivity contribution in [1.82, 2.24) is 10.2 Å². The second-order valence-electron chi connectivity index (χ2n) is 5.92. The molecule has 1 fully saturated rings. The molecule has 0 spiro atoms. The van der Waals surface area contributed by atoms with E-state index in [0.717, 1.165) is 12.0 Å². The van der Waals surface area contributed by atoms with Crippen LogP contribution in [0.1, 0.15) is 31.7 Å². The molecule has 1 aliphatic heterocycles. The summed E-state index contributed by atoms with van der Waals surface area (Å²) in [6.45, 7) is 6.00. The molecule has 6 nitrogen and oxygen atoms in total. The van der Waals surface area contributed by atoms with Crippen LogP contribution in [-0.2, 0) is 20.9 Å². The van der Waals surface area contributed by atoms with Crippen molar-refractivity contribution in [3.8, 4) is 6.07 Å². The smallest absolute Gasteiger partial charge is 0.308 e. The second-order valence-corrected chi connectivity index (χ2v) is 5.92. The highest BCUT2D eigenvalue weighted by Crippen LogP contribution is 2.18. The molecule has 0 saturated carbocycles. The molecule has 1 aromatic rings. The first-order chi connectivity index (χ1) is 12.6. The van der Waals surface area contributed by atoms with Crippen LogP contribution >= 0.6 is 0 Å². The molecule has 1 aromatic carbocycles. The van der Waals surface area contributed by atoms with Crippen molar-refractivity contribution in [2.75, 3.05) is 13.6 Å². The van der Waals surface area contributed by atoms with Gasteiger partial charge in [-0.15, -0.1) is 6.58 Å². The fourth-order valence-electron chi connectivity index (χ4n) is 2.64. The fourth-order valence-corrected chi connectivity index (χ4v) is 2.64. The van der Waals surface area contributed by atoms with Crippen LogP contribution in [0.2, 0.25) is 0 Å². The number of amides is 1. The van der Waals surface area contributed by atoms with Gasteiger partial charge in [0.1, 0.15) is 12.6 Å². The molecule has 1 saturated heterocycles. The molecule has 2 unspecified atom stereocenters. The first-order valence-corrected chi connectivity index (χ1v) is 8.71. The van der Waals surface area contributed by atoms with Crippen molar-refractivity contribution in [3.63, 3.8) is 0 Å². The molecule has 1 heterocycles. The van der Waals surface area contributed by atoms with E-state index in [-0.39, 0.29) is 18.9 Å². The first kappa shape index (κ1) is 21.4. The van der Waals surface area contributed by atoms with Gasteiger partial charge in [-0.2, -0.15) is 5.26 Å². The predicted molar refractivity (Wildman–Crippen MR) is 99.9 cm³/mol. The fraction of sp³-hybridized carbons (Fsp3) is 0.450. The summed E-state index contributed by atoms with van der Waals surface area (Å²) >= 11 is 0. The molecule has 2 atom stereocenters. The van der Waals surface area contributed by atoms with Crippen molar-refractivity contribution >= 4 is 11.9 Å². The monoisotopic (exact) mass is 357 g/mol. The molecule has 0 aromatic heterocycles. The Morgan fingerprint density at radius 3 is 2.69 bits per heavy atom. The Bertz CT molecular complexity index is 625. The summed E-state index contributed by atoms with van der Waals surface area (Å²) in [7, 11) is 1.63. The highest BCUT2D eigenvalue weighted by atomic mass is 16.5. The number of likely N-dealkylation sites (tertiary alicyclic amines) is 1. The van der Waals surface area contributed by atoms with Crippen LogP contribution in [-0.4, -0.2) is 42.5 Å². The molecule has 140 valence electrons. The number of nitrogens with zero attached hydrogens (tertiary/aromatic N) is 2. The Balaban J connectivity index is 0.00000105. The van der Waals surface area contributed by atoms with Gasteiger partial charge >= 0.3 is 5.97 Å². The molecule has 1 aliphatic rings. The molecular formula is C20H27N3O3. The quantitative estimate of drug-likeness (QED) is 0.624. The van der Waals surface area contributed by atoms with Gasteiger partial charge in [-0.05, 0) is 32.4 Å². The molecule has 6 heteroatoms. The van der Waals surface area contributed by atoms with Gasteiger partial charge in [-0.25, -0.2) is 0 Å². The van der Waals surface area contributed by atoms with Crippen molar-refractivity contribution in [3.05, 3.63) is 48.6 Å². The molecule has 0 bridgehead atoms. The number of nitriles is 1. The number of carbonyl (C=O) groups excluding carboxylic acids is 2. The van der Waals surface area contributed by atoms with Crippen LogP contribution in [0.25, 0.3) is 0 Å². The van der Waals surface area contributed by atoms with Gasteiger partial charge in [0, 0.05) is 6.54 Å². The van der Waals surface area contributed by atoms with Gasteiger partial charge in [0.15, 0.2) is 0 Å². The number of esters is 1. The number of ether oxygens (including phenoxy) is 1. The molecule has 0 radical (unpaired) electrons. The van der Waals surface area contributed by atoms with E-state index in [1.807, 2.05) is 37.3 Å². The van der Waals surface area contributed by atoms with Crippen LogP contribution in [0.15, 0.2) is 43.0 Å². The molecule has 2 rings (SSSR count). The maximum absolute atomic E-state index is 12.5. The Labute approximate surface area is 155 Å². The Hall–Kier alpha value is -2.65. The normalized spacial score (nSPS) is 16.7. The minimum absolute atomic E-state index is 0.0448. The Morgan fingerprint density at radius 1 is 1.46 bits per heavy atom. The average Bonchev–Trinajstić information content (AvgIpc) is 3.14. The third-order valence-electron chi connectivity index (χ3n) is 3.94. The largest absolute Gasteiger partial charge is 0.461 e. The lowest BCUT2D eigenvalue weighted by atomic mass is 10.1. The standard InChI is InChI=1S/C17H21N3O3.C3H6/c1-19-15(17(22)20-9-5-8-14(20)11-18)10-16(21)23-12-13-6-3-2-4-7-13;1-3-2/h2-4,6-7,14-15,19H,5,8-10,12H2,1H3;3H,1H2,2H3. The summed E-state index contributed by atoms with van der Waals surface area (Å²) in [4.78, 5) is 26.0. The summed E-state index contributed by atoms with van der Waals surface area (Å²) < 4.78 is 5.21. The average molecular weight is 357 g/mol. The van der Waals surface area contributed by atoms with Gasteiger partial charge in [-0.3, -0.25) is 9.59 Å². The number of benzene rings is 1. The predicted octanol–water partition coefficient (Wildman–Crippen LogP) is 2.41. The number of hydrogen-bond donors (Lipinski definition) is 1. The SMILES string of the molecule is C=CC.CNC(CC(=O)OCc1ccccc1)C(=O)N1CCCC1C#N. The van der Waals surface area contributed by atoms with Crippen LogP contribution in [0.5, 0.6) is 0 Å². The lowest BCUT2D eigenvalue weighted by Gasteiger charge is -2.24. The van der Waals surface area contributed by atoms with Crippen LogP contribution in [0, 0.1) is 11.3 Å². The molecule has 0 aliphatic carbocycles. The van der Waals surface area contributed by atoms with E-state index in [4.69, 9.17) is 10.00 Å². The van der Waals surface area contributed by atoms with Gasteiger partial charge in [0.05, 0.1) is 18.5 Å². The van der Waals surface area contributed by atoms with E-state index in [1.165, 1.54) is 0 Å². The van der Waals surface area contributed by atoms with Gasteiger partial charge < -0.3 is 15.0 Å². The summed E-state index contributed by atoms with van der Waals surface area (Å²) in [5.41, 5.74) is 0.900. The van der Waals surface area contributed by atoms with Gasteiger partial charge in [0.25, 0.3) is 0 Å². The number of rotatable bonds is 6. The topological polar surface area (TPSA) is 82.4 Å². The van der Waals surface area contributed by atoms with Crippen LogP contribution < -0.4 is 5.32 Å². The second kappa shape index (κ2) is 11.8. The number of nitrogens with one attached hydrogen (secondary N) is 1. The number of allylic oxidation sites excluding steroid dienone is 1. The number of carbonyl (C=O) groups is 2. The summed E-state index contributed by atoms with van der Waals surface area (Å²) in [5.74, 6) is -0.650. The summed E-state index contributed by atoms with van der Waals surface area (Å²) in [5, 5.41) is 11.9. The Morgan fingerprint density at radius 2 is 2.12 bits per heavy atom. The van der Waals surface area contributed by atoms with Gasteiger partial charge in [-0.1, -0.05) is 36.4 Å². The highest BCUT2D eigenvalue weighted by molar-refractivity contribution is 5.87. The van der Waals surface area contributed by atoms with E-state index in [2.05, 4.69) is 18.0 Å². The van der Waals surface area contributed by atoms with Crippen LogP contribution in [0.4, 0.5) is 0 Å². The molecule has 26 heavy (non-hydrogen) atoms. The van der Waals surface area contributed by atoms with E-state index < -0.39 is 18.1 Å². The number of hydrogen-bond acceptors (Lipinski definition) is 5. The van der Waals surface area contributed by atoms with Crippen molar-refractivity contribution in [1.29, 1.82) is 5.26 Å². The highest BCUT2D eigenvalue weighted by Gasteiger charge is 2.33. The number of likely N-dealkylation sites (N-methyl/N-ethyl adjacent to an activating group) is 1. The lowest BCUT2D eigenvalue weighted by Crippen LogP contribution is -2.48. The molecular weight excluding hydrogens is 330 g/mol. The van der Waals surface area contributed by atoms with E-state index in [9.17, 15) is 9.59 Å². The maximum Gasteiger partial charge on any atom is 0.308 e. The van der Waals surface area contributed by atoms with Gasteiger partial charge in [0.2, 0.25) is 5.91 Å². The summed E-state index contributed by atoms with van der Waals surface area (Å²) in [6.07, 6.45) is 3.22. The van der Waals surface area contributed by atoms with Crippen molar-refractivity contribution in [2.45, 2.75) is 44.9 Å². The zero-order valence-corrected chi connectivity index (χ0v) is 15.5. The van der Waals surface area contributed by atoms with E-state index in [0.29, 0.717) is 13.0 Å². The Kier molecular flexibility index (Phi) is 9.73. The molecule has 1 N–H and O–H groups in total. The first-order valence-electron chi connectivity index (χ1n) is 8.71. The minimum Gasteiger partial charge on any atom is -0.461 e. The zero-order chi connectivity index (χ0) is 19.4. The van der Waals surface area contributed by atoms with E-state index in [1.54, 1.807) is 18.0 Å². The third kappa shape index (κ3) is 6.69. The maximum atomic E-state index is 12.5. The van der Waals surface area contributed by atoms with Crippen LogP contribution in [0.3, 0.4) is 0 Å². The summed E-state index contributed by atoms with van der Waals surface area (Å²) in [6, 6.07) is 10.5. The lowest BCUT2D eigenvalue weighted by molar-refractivity contribution is -0.148. The zero-order valence-electron chi connectivity index (χ0n) is 15.5. The molecule has 1 amide bonds. The van der Waals surface area contributed by atoms with Crippen molar-refractivity contribution < 1.29 is 14.3 Å². The van der Waals surface area contributed by atoms with E-state index >= 15 is 0 Å². The third-order valence-corrected chi connectivity index (χ3v) is 3.94.